The maximum absolute atomic E-state index is 13.0. The van der Waals surface area contributed by atoms with E-state index in [1.54, 1.807) is 0 Å². The van der Waals surface area contributed by atoms with Crippen LogP contribution in [0.2, 0.25) is 0 Å². The van der Waals surface area contributed by atoms with Crippen LogP contribution in [-0.4, -0.2) is 43.8 Å². The van der Waals surface area contributed by atoms with Crippen LogP contribution in [0.3, 0.4) is 0 Å². The van der Waals surface area contributed by atoms with Crippen molar-refractivity contribution >= 4 is 11.8 Å². The molecular weight excluding hydrogens is 396 g/mol. The molecule has 0 aromatic carbocycles. The van der Waals surface area contributed by atoms with Gasteiger partial charge in [-0.2, -0.15) is 0 Å². The number of amides is 2. The molecule has 0 saturated carbocycles. The zero-order valence-corrected chi connectivity index (χ0v) is 22.6. The molecule has 32 heavy (non-hydrogen) atoms. The highest BCUT2D eigenvalue weighted by Gasteiger charge is 2.44. The predicted molar refractivity (Wildman–Crippen MR) is 135 cm³/mol. The topological polar surface area (TPSA) is 40.6 Å². The summed E-state index contributed by atoms with van der Waals surface area (Å²) in [7, 11) is 0. The SMILES string of the molecule is CC1(C)CCCC(C)(C)N1C(=O)CCCCCCCCC(=O)N1C(C)(C)CCCC1(C)C. The number of carbonyl (C=O) groups is 2. The summed E-state index contributed by atoms with van der Waals surface area (Å²) < 4.78 is 0. The van der Waals surface area contributed by atoms with E-state index in [1.807, 2.05) is 0 Å². The van der Waals surface area contributed by atoms with Crippen LogP contribution in [0.5, 0.6) is 0 Å². The largest absolute Gasteiger partial charge is 0.332 e. The molecule has 0 aromatic heterocycles. The molecule has 4 heteroatoms. The second-order valence-corrected chi connectivity index (χ2v) is 13.0. The molecule has 0 N–H and O–H groups in total. The van der Waals surface area contributed by atoms with Gasteiger partial charge in [0.1, 0.15) is 0 Å². The fraction of sp³-hybridized carbons (Fsp3) is 0.929. The number of carbonyl (C=O) groups excluding carboxylic acids is 2. The van der Waals surface area contributed by atoms with Gasteiger partial charge in [-0.05, 0) is 107 Å². The summed E-state index contributed by atoms with van der Waals surface area (Å²) in [5.74, 6) is 0.661. The fourth-order valence-electron chi connectivity index (χ4n) is 6.83. The molecule has 0 unspecified atom stereocenters. The molecular formula is C28H52N2O2. The predicted octanol–water partition coefficient (Wildman–Crippen LogP) is 7.25. The van der Waals surface area contributed by atoms with E-state index in [1.165, 1.54) is 12.8 Å². The minimum absolute atomic E-state index is 0.0249. The first-order valence-corrected chi connectivity index (χ1v) is 13.4. The molecule has 0 spiro atoms. The van der Waals surface area contributed by atoms with Gasteiger partial charge in [0.2, 0.25) is 11.8 Å². The molecule has 2 amide bonds. The van der Waals surface area contributed by atoms with Crippen LogP contribution in [0.4, 0.5) is 0 Å². The highest BCUT2D eigenvalue weighted by atomic mass is 16.2. The Kier molecular flexibility index (Phi) is 8.89. The lowest BCUT2D eigenvalue weighted by Crippen LogP contribution is -2.60. The summed E-state index contributed by atoms with van der Waals surface area (Å²) in [6, 6.07) is 0. The van der Waals surface area contributed by atoms with Crippen molar-refractivity contribution in [1.82, 2.24) is 9.80 Å². The molecule has 0 radical (unpaired) electrons. The van der Waals surface area contributed by atoms with Gasteiger partial charge >= 0.3 is 0 Å². The molecule has 2 rings (SSSR count). The number of hydrogen-bond acceptors (Lipinski definition) is 2. The zero-order valence-electron chi connectivity index (χ0n) is 22.6. The van der Waals surface area contributed by atoms with Gasteiger partial charge < -0.3 is 9.80 Å². The summed E-state index contributed by atoms with van der Waals surface area (Å²) >= 11 is 0. The van der Waals surface area contributed by atoms with E-state index in [-0.39, 0.29) is 22.2 Å². The quantitative estimate of drug-likeness (QED) is 0.349. The maximum atomic E-state index is 13.0. The van der Waals surface area contributed by atoms with Crippen LogP contribution in [0.1, 0.15) is 145 Å². The van der Waals surface area contributed by atoms with Crippen molar-refractivity contribution in [2.45, 2.75) is 167 Å². The Hall–Kier alpha value is -1.06. The van der Waals surface area contributed by atoms with Crippen molar-refractivity contribution in [3.05, 3.63) is 0 Å². The molecule has 0 bridgehead atoms. The van der Waals surface area contributed by atoms with Crippen LogP contribution in [0.25, 0.3) is 0 Å². The third-order valence-corrected chi connectivity index (χ3v) is 8.11. The molecule has 2 aliphatic heterocycles. The zero-order chi connectivity index (χ0) is 24.2. The standard InChI is InChI=1S/C28H52N2O2/c1-25(2)19-15-20-26(3,4)29(25)23(31)17-13-11-9-10-12-14-18-24(32)30-27(5,6)21-16-22-28(30,7)8/h9-22H2,1-8H3. The molecule has 0 atom stereocenters. The van der Waals surface area contributed by atoms with Crippen LogP contribution in [0.15, 0.2) is 0 Å². The normalized spacial score (nSPS) is 23.8. The van der Waals surface area contributed by atoms with Crippen molar-refractivity contribution in [1.29, 1.82) is 0 Å². The molecule has 0 aromatic rings. The Bertz CT molecular complexity index is 560. The van der Waals surface area contributed by atoms with Crippen LogP contribution in [0, 0.1) is 0 Å². The summed E-state index contributed by atoms with van der Waals surface area (Å²) in [6.45, 7) is 17.8. The molecule has 2 heterocycles. The van der Waals surface area contributed by atoms with Crippen LogP contribution in [-0.2, 0) is 9.59 Å². The molecule has 4 nitrogen and oxygen atoms in total. The number of unbranched alkanes of at least 4 members (excludes halogenated alkanes) is 5. The third-order valence-electron chi connectivity index (χ3n) is 8.11. The lowest BCUT2D eigenvalue weighted by Gasteiger charge is -2.53. The summed E-state index contributed by atoms with van der Waals surface area (Å²) in [4.78, 5) is 30.3. The van der Waals surface area contributed by atoms with Gasteiger partial charge in [0.25, 0.3) is 0 Å². The molecule has 2 aliphatic rings. The van der Waals surface area contributed by atoms with Gasteiger partial charge in [0.15, 0.2) is 0 Å². The molecule has 2 fully saturated rings. The lowest BCUT2D eigenvalue weighted by atomic mass is 9.79. The van der Waals surface area contributed by atoms with E-state index < -0.39 is 0 Å². The monoisotopic (exact) mass is 448 g/mol. The summed E-state index contributed by atoms with van der Waals surface area (Å²) in [6.07, 6.45) is 14.7. The van der Waals surface area contributed by atoms with Gasteiger partial charge in [-0.15, -0.1) is 0 Å². The average molecular weight is 449 g/mol. The Morgan fingerprint density at radius 2 is 0.750 bits per heavy atom. The summed E-state index contributed by atoms with van der Waals surface area (Å²) in [5, 5.41) is 0. The highest BCUT2D eigenvalue weighted by molar-refractivity contribution is 5.78. The van der Waals surface area contributed by atoms with E-state index in [0.29, 0.717) is 24.7 Å². The molecule has 186 valence electrons. The first-order chi connectivity index (χ1) is 14.7. The van der Waals surface area contributed by atoms with Gasteiger partial charge in [0.05, 0.1) is 0 Å². The van der Waals surface area contributed by atoms with Gasteiger partial charge in [-0.25, -0.2) is 0 Å². The lowest BCUT2D eigenvalue weighted by molar-refractivity contribution is -0.150. The molecule has 0 aliphatic carbocycles. The maximum Gasteiger partial charge on any atom is 0.223 e. The van der Waals surface area contributed by atoms with Gasteiger partial charge in [-0.1, -0.05) is 25.7 Å². The highest BCUT2D eigenvalue weighted by Crippen LogP contribution is 2.40. The van der Waals surface area contributed by atoms with E-state index in [2.05, 4.69) is 65.2 Å². The fourth-order valence-corrected chi connectivity index (χ4v) is 6.83. The minimum atomic E-state index is -0.0249. The van der Waals surface area contributed by atoms with Crippen LogP contribution < -0.4 is 0 Å². The van der Waals surface area contributed by atoms with Crippen molar-refractivity contribution in [2.24, 2.45) is 0 Å². The Morgan fingerprint density at radius 3 is 1.03 bits per heavy atom. The second-order valence-electron chi connectivity index (χ2n) is 13.0. The van der Waals surface area contributed by atoms with Crippen molar-refractivity contribution in [3.8, 4) is 0 Å². The summed E-state index contributed by atoms with van der Waals surface area (Å²) in [5.41, 5.74) is -0.0998. The van der Waals surface area contributed by atoms with Gasteiger partial charge in [-0.3, -0.25) is 9.59 Å². The minimum Gasteiger partial charge on any atom is -0.332 e. The Labute approximate surface area is 198 Å². The van der Waals surface area contributed by atoms with Crippen molar-refractivity contribution < 1.29 is 9.59 Å². The number of hydrogen-bond donors (Lipinski definition) is 0. The number of piperidine rings is 2. The van der Waals surface area contributed by atoms with Crippen molar-refractivity contribution in [2.75, 3.05) is 0 Å². The van der Waals surface area contributed by atoms with Gasteiger partial charge in [0, 0.05) is 35.0 Å². The second kappa shape index (κ2) is 10.5. The van der Waals surface area contributed by atoms with Crippen molar-refractivity contribution in [3.63, 3.8) is 0 Å². The number of likely N-dealkylation sites (tertiary alicyclic amines) is 2. The number of rotatable bonds is 9. The number of nitrogens with zero attached hydrogens (tertiary/aromatic N) is 2. The third kappa shape index (κ3) is 6.73. The van der Waals surface area contributed by atoms with E-state index in [9.17, 15) is 9.59 Å². The van der Waals surface area contributed by atoms with E-state index in [0.717, 1.165) is 64.2 Å². The smallest absolute Gasteiger partial charge is 0.223 e. The average Bonchev–Trinajstić information content (AvgIpc) is 2.60. The Morgan fingerprint density at radius 1 is 0.500 bits per heavy atom. The first kappa shape index (κ1) is 27.2. The van der Waals surface area contributed by atoms with E-state index in [4.69, 9.17) is 0 Å². The van der Waals surface area contributed by atoms with Crippen LogP contribution >= 0.6 is 0 Å². The Balaban J connectivity index is 1.64. The molecule has 2 saturated heterocycles. The first-order valence-electron chi connectivity index (χ1n) is 13.4. The van der Waals surface area contributed by atoms with E-state index >= 15 is 0 Å².